The Bertz CT molecular complexity index is 1220. The summed E-state index contributed by atoms with van der Waals surface area (Å²) in [7, 11) is 1.72. The highest BCUT2D eigenvalue weighted by molar-refractivity contribution is 6.10. The Kier molecular flexibility index (Phi) is 3.77. The van der Waals surface area contributed by atoms with Crippen molar-refractivity contribution in [3.8, 4) is 0 Å². The molecule has 4 nitrogen and oxygen atoms in total. The van der Waals surface area contributed by atoms with E-state index in [1.165, 1.54) is 18.3 Å². The van der Waals surface area contributed by atoms with Gasteiger partial charge in [0.25, 0.3) is 5.91 Å². The summed E-state index contributed by atoms with van der Waals surface area (Å²) in [5.41, 5.74) is 0.668. The van der Waals surface area contributed by atoms with Crippen molar-refractivity contribution in [3.63, 3.8) is 0 Å². The number of nitrogens with one attached hydrogen (secondary N) is 1. The minimum atomic E-state index is -0.520. The molecule has 26 heavy (non-hydrogen) atoms. The molecule has 3 aromatic carbocycles. The highest BCUT2D eigenvalue weighted by Gasteiger charge is 2.16. The van der Waals surface area contributed by atoms with Gasteiger partial charge >= 0.3 is 0 Å². The molecule has 1 aromatic heterocycles. The van der Waals surface area contributed by atoms with E-state index < -0.39 is 17.2 Å². The normalized spacial score (nSPS) is 11.0. The van der Waals surface area contributed by atoms with Crippen molar-refractivity contribution < 1.29 is 9.18 Å². The van der Waals surface area contributed by atoms with Crippen LogP contribution in [-0.4, -0.2) is 10.5 Å². The second-order valence-corrected chi connectivity index (χ2v) is 6.13. The lowest BCUT2D eigenvalue weighted by Gasteiger charge is -2.11. The molecule has 0 fully saturated rings. The van der Waals surface area contributed by atoms with Gasteiger partial charge in [-0.2, -0.15) is 0 Å². The number of benzene rings is 3. The Morgan fingerprint density at radius 3 is 2.62 bits per heavy atom. The van der Waals surface area contributed by atoms with Gasteiger partial charge in [0.05, 0.1) is 5.52 Å². The molecule has 0 saturated heterocycles. The van der Waals surface area contributed by atoms with Crippen molar-refractivity contribution in [1.29, 1.82) is 0 Å². The van der Waals surface area contributed by atoms with Crippen LogP contribution in [-0.2, 0) is 7.05 Å². The van der Waals surface area contributed by atoms with E-state index in [1.54, 1.807) is 17.7 Å². The maximum atomic E-state index is 13.6. The van der Waals surface area contributed by atoms with E-state index >= 15 is 0 Å². The van der Waals surface area contributed by atoms with Gasteiger partial charge in [0.2, 0.25) is 5.43 Å². The first-order chi connectivity index (χ1) is 12.5. The summed E-state index contributed by atoms with van der Waals surface area (Å²) < 4.78 is 15.2. The lowest BCUT2D eigenvalue weighted by molar-refractivity contribution is 0.102. The number of anilines is 1. The van der Waals surface area contributed by atoms with Crippen LogP contribution in [0.2, 0.25) is 0 Å². The van der Waals surface area contributed by atoms with Crippen molar-refractivity contribution in [1.82, 2.24) is 4.57 Å². The molecule has 4 rings (SSSR count). The van der Waals surface area contributed by atoms with E-state index in [4.69, 9.17) is 0 Å². The minimum Gasteiger partial charge on any atom is -0.350 e. The van der Waals surface area contributed by atoms with E-state index in [2.05, 4.69) is 5.32 Å². The average Bonchev–Trinajstić information content (AvgIpc) is 2.65. The number of amides is 1. The van der Waals surface area contributed by atoms with Crippen molar-refractivity contribution >= 4 is 33.3 Å². The molecule has 128 valence electrons. The third kappa shape index (κ3) is 2.63. The topological polar surface area (TPSA) is 51.1 Å². The molecule has 0 saturated carbocycles. The van der Waals surface area contributed by atoms with Crippen LogP contribution in [0.1, 0.15) is 10.4 Å². The van der Waals surface area contributed by atoms with Gasteiger partial charge < -0.3 is 9.88 Å². The maximum absolute atomic E-state index is 13.6. The average molecular weight is 346 g/mol. The third-order valence-corrected chi connectivity index (χ3v) is 4.43. The largest absolute Gasteiger partial charge is 0.350 e. The van der Waals surface area contributed by atoms with Gasteiger partial charge in [0, 0.05) is 29.7 Å². The predicted octanol–water partition coefficient (Wildman–Crippen LogP) is 4.08. The first-order valence-corrected chi connectivity index (χ1v) is 8.12. The van der Waals surface area contributed by atoms with Crippen molar-refractivity contribution in [2.75, 3.05) is 5.32 Å². The second-order valence-electron chi connectivity index (χ2n) is 6.13. The van der Waals surface area contributed by atoms with Gasteiger partial charge in [-0.25, -0.2) is 4.39 Å². The Balaban J connectivity index is 1.81. The molecule has 5 heteroatoms. The minimum absolute atomic E-state index is 0.0291. The number of nitrogens with zero attached hydrogens (tertiary/aromatic N) is 1. The van der Waals surface area contributed by atoms with Gasteiger partial charge in [-0.15, -0.1) is 0 Å². The summed E-state index contributed by atoms with van der Waals surface area (Å²) in [6.07, 6.45) is 1.48. The van der Waals surface area contributed by atoms with E-state index in [0.29, 0.717) is 11.2 Å². The summed E-state index contributed by atoms with van der Waals surface area (Å²) in [5, 5.41) is 4.85. The van der Waals surface area contributed by atoms with Crippen molar-refractivity contribution in [2.24, 2.45) is 7.05 Å². The number of carbonyl (C=O) groups is 1. The summed E-state index contributed by atoms with van der Waals surface area (Å²) in [5.74, 6) is -1.03. The zero-order valence-corrected chi connectivity index (χ0v) is 14.0. The van der Waals surface area contributed by atoms with Crippen LogP contribution < -0.4 is 10.7 Å². The number of fused-ring (bicyclic) bond motifs is 2. The zero-order chi connectivity index (χ0) is 18.3. The van der Waals surface area contributed by atoms with Crippen LogP contribution in [0.25, 0.3) is 21.7 Å². The number of pyridine rings is 1. The van der Waals surface area contributed by atoms with E-state index in [-0.39, 0.29) is 10.9 Å². The fraction of sp³-hybridized carbons (Fsp3) is 0.0476. The molecular formula is C21H15FN2O2. The Hall–Kier alpha value is -3.47. The lowest BCUT2D eigenvalue weighted by Crippen LogP contribution is -2.23. The van der Waals surface area contributed by atoms with E-state index in [1.807, 2.05) is 36.4 Å². The second kappa shape index (κ2) is 6.11. The van der Waals surface area contributed by atoms with Crippen LogP contribution in [0, 0.1) is 5.82 Å². The predicted molar refractivity (Wildman–Crippen MR) is 101 cm³/mol. The lowest BCUT2D eigenvalue weighted by atomic mass is 10.1. The van der Waals surface area contributed by atoms with Gasteiger partial charge in [-0.3, -0.25) is 9.59 Å². The fourth-order valence-electron chi connectivity index (χ4n) is 3.15. The molecule has 4 aromatic rings. The smallest absolute Gasteiger partial charge is 0.261 e. The molecule has 0 radical (unpaired) electrons. The maximum Gasteiger partial charge on any atom is 0.261 e. The summed E-state index contributed by atoms with van der Waals surface area (Å²) in [4.78, 5) is 25.4. The Morgan fingerprint density at radius 1 is 1.00 bits per heavy atom. The van der Waals surface area contributed by atoms with Crippen LogP contribution in [0.3, 0.4) is 0 Å². The first-order valence-electron chi connectivity index (χ1n) is 8.12. The number of hydrogen-bond acceptors (Lipinski definition) is 2. The number of hydrogen-bond donors (Lipinski definition) is 1. The van der Waals surface area contributed by atoms with Gasteiger partial charge in [-0.1, -0.05) is 36.4 Å². The first kappa shape index (κ1) is 16.0. The highest BCUT2D eigenvalue weighted by Crippen LogP contribution is 2.23. The van der Waals surface area contributed by atoms with Gasteiger partial charge in [0.15, 0.2) is 0 Å². The summed E-state index contributed by atoms with van der Waals surface area (Å²) in [6.45, 7) is 0. The van der Waals surface area contributed by atoms with Crippen LogP contribution in [0.15, 0.2) is 71.7 Å². The molecule has 1 heterocycles. The Labute approximate surface area is 148 Å². The molecule has 0 aliphatic rings. The molecule has 0 aliphatic heterocycles. The van der Waals surface area contributed by atoms with Gasteiger partial charge in [-0.05, 0) is 29.7 Å². The Morgan fingerprint density at radius 2 is 1.77 bits per heavy atom. The zero-order valence-electron chi connectivity index (χ0n) is 14.0. The van der Waals surface area contributed by atoms with Crippen LogP contribution >= 0.6 is 0 Å². The fourth-order valence-corrected chi connectivity index (χ4v) is 3.15. The highest BCUT2D eigenvalue weighted by atomic mass is 19.1. The molecule has 0 unspecified atom stereocenters. The number of aryl methyl sites for hydroxylation is 1. The summed E-state index contributed by atoms with van der Waals surface area (Å²) >= 11 is 0. The number of carbonyl (C=O) groups excluding carboxylic acids is 1. The van der Waals surface area contributed by atoms with E-state index in [9.17, 15) is 14.0 Å². The summed E-state index contributed by atoms with van der Waals surface area (Å²) in [6, 6.07) is 17.2. The molecule has 0 atom stereocenters. The number of halogens is 1. The molecule has 0 aliphatic carbocycles. The monoisotopic (exact) mass is 346 g/mol. The standard InChI is InChI=1S/C21H15FN2O2/c1-24-12-17(20(25)16-11-14(22)9-10-19(16)24)21(26)23-18-8-4-6-13-5-2-3-7-15(13)18/h2-12H,1H3,(H,23,26). The molecule has 1 N–H and O–H groups in total. The SMILES string of the molecule is Cn1cc(C(=O)Nc2cccc3ccccc23)c(=O)c2cc(F)ccc21. The van der Waals surface area contributed by atoms with Crippen molar-refractivity contribution in [2.45, 2.75) is 0 Å². The number of aromatic nitrogens is 1. The third-order valence-electron chi connectivity index (χ3n) is 4.43. The van der Waals surface area contributed by atoms with E-state index in [0.717, 1.165) is 16.8 Å². The number of rotatable bonds is 2. The van der Waals surface area contributed by atoms with Gasteiger partial charge in [0.1, 0.15) is 11.4 Å². The molecule has 0 spiro atoms. The molecule has 1 amide bonds. The molecular weight excluding hydrogens is 331 g/mol. The van der Waals surface area contributed by atoms with Crippen molar-refractivity contribution in [3.05, 3.63) is 88.5 Å². The molecule has 0 bridgehead atoms. The van der Waals surface area contributed by atoms with Crippen LogP contribution in [0.5, 0.6) is 0 Å². The van der Waals surface area contributed by atoms with Crippen LogP contribution in [0.4, 0.5) is 10.1 Å². The quantitative estimate of drug-likeness (QED) is 0.594.